The van der Waals surface area contributed by atoms with Crippen LogP contribution in [-0.4, -0.2) is 25.2 Å². The molecule has 0 unspecified atom stereocenters. The first-order valence-electron chi connectivity index (χ1n) is 8.10. The highest BCUT2D eigenvalue weighted by atomic mass is 16.5. The molecule has 0 bridgehead atoms. The van der Waals surface area contributed by atoms with Gasteiger partial charge in [-0.2, -0.15) is 0 Å². The number of carbonyl (C=O) groups is 2. The van der Waals surface area contributed by atoms with Crippen molar-refractivity contribution in [2.45, 2.75) is 77.0 Å². The second-order valence-corrected chi connectivity index (χ2v) is 5.48. The lowest BCUT2D eigenvalue weighted by Crippen LogP contribution is -2.07. The molecule has 116 valence electrons. The summed E-state index contributed by atoms with van der Waals surface area (Å²) in [6, 6.07) is 0. The van der Waals surface area contributed by atoms with Gasteiger partial charge >= 0.3 is 11.9 Å². The Bertz CT molecular complexity index is 250. The van der Waals surface area contributed by atoms with Crippen LogP contribution in [0.25, 0.3) is 0 Å². The minimum absolute atomic E-state index is 0.0605. The molecule has 1 heterocycles. The largest absolute Gasteiger partial charge is 0.466 e. The summed E-state index contributed by atoms with van der Waals surface area (Å²) in [4.78, 5) is 22.9. The molecule has 0 aromatic rings. The third-order valence-corrected chi connectivity index (χ3v) is 3.58. The smallest absolute Gasteiger partial charge is 0.305 e. The van der Waals surface area contributed by atoms with Gasteiger partial charge in [0.05, 0.1) is 13.2 Å². The van der Waals surface area contributed by atoms with Crippen molar-refractivity contribution in [3.63, 3.8) is 0 Å². The van der Waals surface area contributed by atoms with E-state index in [4.69, 9.17) is 9.47 Å². The fraction of sp³-hybridized carbons (Fsp3) is 0.875. The van der Waals surface area contributed by atoms with Crippen molar-refractivity contribution in [1.82, 2.24) is 0 Å². The number of ether oxygens (including phenoxy) is 2. The Labute approximate surface area is 122 Å². The molecule has 20 heavy (non-hydrogen) atoms. The van der Waals surface area contributed by atoms with Crippen LogP contribution >= 0.6 is 0 Å². The number of cyclic esters (lactones) is 2. The van der Waals surface area contributed by atoms with Gasteiger partial charge in [-0.15, -0.1) is 0 Å². The zero-order valence-electron chi connectivity index (χ0n) is 12.5. The molecule has 1 saturated heterocycles. The fourth-order valence-corrected chi connectivity index (χ4v) is 2.32. The standard InChI is InChI=1S/C16H28O4/c17-15-11-7-3-1-4-8-12-16(18)20-14-10-6-2-5-9-13-19-15/h1-14H2. The molecule has 1 aliphatic rings. The first-order valence-corrected chi connectivity index (χ1v) is 8.10. The fourth-order valence-electron chi connectivity index (χ4n) is 2.32. The number of hydrogen-bond donors (Lipinski definition) is 0. The Morgan fingerprint density at radius 3 is 1.30 bits per heavy atom. The van der Waals surface area contributed by atoms with Crippen LogP contribution in [0, 0.1) is 0 Å². The zero-order valence-corrected chi connectivity index (χ0v) is 12.5. The number of carbonyl (C=O) groups excluding carboxylic acids is 2. The van der Waals surface area contributed by atoms with E-state index in [1.165, 1.54) is 0 Å². The number of hydrogen-bond acceptors (Lipinski definition) is 4. The molecule has 0 spiro atoms. The van der Waals surface area contributed by atoms with E-state index in [-0.39, 0.29) is 11.9 Å². The molecular formula is C16H28O4. The molecule has 0 N–H and O–H groups in total. The van der Waals surface area contributed by atoms with Crippen LogP contribution in [0.15, 0.2) is 0 Å². The van der Waals surface area contributed by atoms with Crippen LogP contribution in [0.2, 0.25) is 0 Å². The summed E-state index contributed by atoms with van der Waals surface area (Å²) in [5.41, 5.74) is 0. The summed E-state index contributed by atoms with van der Waals surface area (Å²) < 4.78 is 10.4. The van der Waals surface area contributed by atoms with Crippen molar-refractivity contribution in [3.8, 4) is 0 Å². The first kappa shape index (κ1) is 17.0. The summed E-state index contributed by atoms with van der Waals surface area (Å²) >= 11 is 0. The van der Waals surface area contributed by atoms with Gasteiger partial charge in [-0.25, -0.2) is 0 Å². The van der Waals surface area contributed by atoms with Crippen LogP contribution in [0.4, 0.5) is 0 Å². The summed E-state index contributed by atoms with van der Waals surface area (Å²) in [6.07, 6.45) is 11.1. The average molecular weight is 284 g/mol. The molecule has 0 atom stereocenters. The predicted octanol–water partition coefficient (Wildman–Crippen LogP) is 3.77. The van der Waals surface area contributed by atoms with E-state index < -0.39 is 0 Å². The third-order valence-electron chi connectivity index (χ3n) is 3.58. The van der Waals surface area contributed by atoms with Gasteiger partial charge in [0.2, 0.25) is 0 Å². The normalized spacial score (nSPS) is 22.2. The van der Waals surface area contributed by atoms with Crippen LogP contribution < -0.4 is 0 Å². The summed E-state index contributed by atoms with van der Waals surface area (Å²) in [5, 5.41) is 0. The maximum atomic E-state index is 11.4. The second-order valence-electron chi connectivity index (χ2n) is 5.48. The van der Waals surface area contributed by atoms with Crippen molar-refractivity contribution in [2.75, 3.05) is 13.2 Å². The lowest BCUT2D eigenvalue weighted by Gasteiger charge is -2.07. The van der Waals surface area contributed by atoms with Gasteiger partial charge in [0, 0.05) is 12.8 Å². The van der Waals surface area contributed by atoms with Gasteiger partial charge in [0.15, 0.2) is 0 Å². The number of rotatable bonds is 0. The van der Waals surface area contributed by atoms with Crippen LogP contribution in [-0.2, 0) is 19.1 Å². The molecule has 0 amide bonds. The van der Waals surface area contributed by atoms with Crippen molar-refractivity contribution in [3.05, 3.63) is 0 Å². The highest BCUT2D eigenvalue weighted by molar-refractivity contribution is 5.69. The molecule has 0 aromatic carbocycles. The van der Waals surface area contributed by atoms with E-state index in [9.17, 15) is 9.59 Å². The summed E-state index contributed by atoms with van der Waals surface area (Å²) in [6.45, 7) is 1.10. The van der Waals surface area contributed by atoms with Gasteiger partial charge in [-0.05, 0) is 25.7 Å². The summed E-state index contributed by atoms with van der Waals surface area (Å²) in [5.74, 6) is -0.121. The van der Waals surface area contributed by atoms with E-state index in [2.05, 4.69) is 0 Å². The molecule has 4 nitrogen and oxygen atoms in total. The van der Waals surface area contributed by atoms with Gasteiger partial charge < -0.3 is 9.47 Å². The lowest BCUT2D eigenvalue weighted by molar-refractivity contribution is -0.144. The Morgan fingerprint density at radius 2 is 0.850 bits per heavy atom. The molecule has 1 fully saturated rings. The molecule has 1 aliphatic heterocycles. The topological polar surface area (TPSA) is 52.6 Å². The molecule has 0 saturated carbocycles. The predicted molar refractivity (Wildman–Crippen MR) is 77.3 cm³/mol. The maximum Gasteiger partial charge on any atom is 0.305 e. The van der Waals surface area contributed by atoms with Gasteiger partial charge in [0.1, 0.15) is 0 Å². The Balaban J connectivity index is 2.19. The highest BCUT2D eigenvalue weighted by Gasteiger charge is 2.05. The average Bonchev–Trinajstić information content (AvgIpc) is 2.43. The van der Waals surface area contributed by atoms with Gasteiger partial charge in [0.25, 0.3) is 0 Å². The highest BCUT2D eigenvalue weighted by Crippen LogP contribution is 2.10. The van der Waals surface area contributed by atoms with E-state index >= 15 is 0 Å². The van der Waals surface area contributed by atoms with Crippen molar-refractivity contribution < 1.29 is 19.1 Å². The molecule has 4 heteroatoms. The lowest BCUT2D eigenvalue weighted by atomic mass is 10.1. The van der Waals surface area contributed by atoms with Crippen LogP contribution in [0.5, 0.6) is 0 Å². The third kappa shape index (κ3) is 9.82. The van der Waals surface area contributed by atoms with E-state index in [1.807, 2.05) is 0 Å². The van der Waals surface area contributed by atoms with E-state index in [0.717, 1.165) is 64.2 Å². The maximum absolute atomic E-state index is 11.4. The zero-order chi connectivity index (χ0) is 14.5. The van der Waals surface area contributed by atoms with Crippen molar-refractivity contribution >= 4 is 11.9 Å². The van der Waals surface area contributed by atoms with Crippen molar-refractivity contribution in [1.29, 1.82) is 0 Å². The molecule has 1 rings (SSSR count). The van der Waals surface area contributed by atoms with Gasteiger partial charge in [-0.1, -0.05) is 38.5 Å². The van der Waals surface area contributed by atoms with Crippen LogP contribution in [0.1, 0.15) is 77.0 Å². The summed E-state index contributed by atoms with van der Waals surface area (Å²) in [7, 11) is 0. The van der Waals surface area contributed by atoms with Crippen molar-refractivity contribution in [2.24, 2.45) is 0 Å². The molecule has 0 aromatic heterocycles. The minimum atomic E-state index is -0.0605. The molecule has 0 radical (unpaired) electrons. The number of esters is 2. The second kappa shape index (κ2) is 11.7. The molecule has 0 aliphatic carbocycles. The SMILES string of the molecule is O=C1CCCCCCCC(=O)OCCCCCCCO1. The Morgan fingerprint density at radius 1 is 0.500 bits per heavy atom. The quantitative estimate of drug-likeness (QED) is 0.635. The van der Waals surface area contributed by atoms with Gasteiger partial charge in [-0.3, -0.25) is 9.59 Å². The van der Waals surface area contributed by atoms with E-state index in [0.29, 0.717) is 26.1 Å². The van der Waals surface area contributed by atoms with Crippen LogP contribution in [0.3, 0.4) is 0 Å². The molecular weight excluding hydrogens is 256 g/mol. The minimum Gasteiger partial charge on any atom is -0.466 e. The first-order chi connectivity index (χ1) is 9.79. The Kier molecular flexibility index (Phi) is 9.98. The Hall–Kier alpha value is -1.06. The van der Waals surface area contributed by atoms with E-state index in [1.54, 1.807) is 0 Å². The monoisotopic (exact) mass is 284 g/mol.